The molecule has 24 heavy (non-hydrogen) atoms. The van der Waals surface area contributed by atoms with E-state index in [1.54, 1.807) is 31.3 Å². The first kappa shape index (κ1) is 16.2. The largest absolute Gasteiger partial charge is 0.354 e. The number of nitrogens with one attached hydrogen (secondary N) is 3. The van der Waals surface area contributed by atoms with Gasteiger partial charge in [0, 0.05) is 22.2 Å². The molecule has 0 radical (unpaired) electrons. The van der Waals surface area contributed by atoms with Gasteiger partial charge in [-0.05, 0) is 45.4 Å². The summed E-state index contributed by atoms with van der Waals surface area (Å²) in [5, 5.41) is 9.81. The Labute approximate surface area is 143 Å². The fourth-order valence-electron chi connectivity index (χ4n) is 2.78. The Hall–Kier alpha value is -2.67. The van der Waals surface area contributed by atoms with Crippen molar-refractivity contribution >= 4 is 28.8 Å². The summed E-state index contributed by atoms with van der Waals surface area (Å²) in [5.41, 5.74) is 3.16. The van der Waals surface area contributed by atoms with Crippen molar-refractivity contribution < 1.29 is 9.59 Å². The number of hydrogen-bond acceptors (Lipinski definition) is 4. The SMILES string of the molecule is CC(=O)c1c(C)[nH]c(C(=O)Nc2cc(-c3ccc(C)s3)[nH]n2)c1C. The summed E-state index contributed by atoms with van der Waals surface area (Å²) in [4.78, 5) is 29.4. The molecule has 1 amide bonds. The number of H-pyrrole nitrogens is 2. The number of aromatic amines is 2. The zero-order valence-corrected chi connectivity index (χ0v) is 14.7. The molecular weight excluding hydrogens is 324 g/mol. The second-order valence-corrected chi connectivity index (χ2v) is 7.00. The maximum absolute atomic E-state index is 12.5. The molecule has 0 bridgehead atoms. The Morgan fingerprint density at radius 3 is 2.54 bits per heavy atom. The molecule has 6 nitrogen and oxygen atoms in total. The maximum atomic E-state index is 12.5. The number of Topliss-reactive ketones (excluding diaryl/α,β-unsaturated/α-hetero) is 1. The lowest BCUT2D eigenvalue weighted by Gasteiger charge is -2.01. The highest BCUT2D eigenvalue weighted by Crippen LogP contribution is 2.27. The maximum Gasteiger partial charge on any atom is 0.273 e. The van der Waals surface area contributed by atoms with Gasteiger partial charge in [-0.15, -0.1) is 11.3 Å². The van der Waals surface area contributed by atoms with Crippen LogP contribution in [0.25, 0.3) is 10.6 Å². The minimum atomic E-state index is -0.316. The van der Waals surface area contributed by atoms with Gasteiger partial charge in [-0.25, -0.2) is 0 Å². The lowest BCUT2D eigenvalue weighted by Crippen LogP contribution is -2.14. The van der Waals surface area contributed by atoms with Gasteiger partial charge in [-0.1, -0.05) is 0 Å². The first-order valence-corrected chi connectivity index (χ1v) is 8.32. The molecular formula is C17H18N4O2S. The molecule has 0 saturated carbocycles. The molecule has 3 N–H and O–H groups in total. The molecule has 0 aliphatic rings. The minimum absolute atomic E-state index is 0.0598. The Morgan fingerprint density at radius 2 is 1.96 bits per heavy atom. The predicted molar refractivity (Wildman–Crippen MR) is 94.9 cm³/mol. The van der Waals surface area contributed by atoms with E-state index in [1.165, 1.54) is 11.8 Å². The van der Waals surface area contributed by atoms with Crippen LogP contribution in [-0.4, -0.2) is 26.9 Å². The fourth-order valence-corrected chi connectivity index (χ4v) is 3.61. The average Bonchev–Trinajstić information content (AvgIpc) is 3.18. The molecule has 124 valence electrons. The third kappa shape index (κ3) is 2.90. The van der Waals surface area contributed by atoms with Crippen LogP contribution in [0.4, 0.5) is 5.82 Å². The fraction of sp³-hybridized carbons (Fsp3) is 0.235. The molecule has 0 unspecified atom stereocenters. The van der Waals surface area contributed by atoms with Crippen molar-refractivity contribution in [2.45, 2.75) is 27.7 Å². The van der Waals surface area contributed by atoms with Gasteiger partial charge >= 0.3 is 0 Å². The standard InChI is InChI=1S/C17H18N4O2S/c1-8-5-6-13(24-8)12-7-14(21-20-12)19-17(23)16-9(2)15(11(4)22)10(3)18-16/h5-7,18H,1-4H3,(H2,19,20,21,23). The van der Waals surface area contributed by atoms with Crippen molar-refractivity contribution in [2.75, 3.05) is 5.32 Å². The number of aromatic nitrogens is 3. The second kappa shape index (κ2) is 6.09. The van der Waals surface area contributed by atoms with Crippen molar-refractivity contribution in [2.24, 2.45) is 0 Å². The summed E-state index contributed by atoms with van der Waals surface area (Å²) >= 11 is 1.65. The van der Waals surface area contributed by atoms with Crippen LogP contribution < -0.4 is 5.32 Å². The van der Waals surface area contributed by atoms with Crippen LogP contribution in [0, 0.1) is 20.8 Å². The number of aryl methyl sites for hydroxylation is 2. The summed E-state index contributed by atoms with van der Waals surface area (Å²) in [6, 6.07) is 5.84. The average molecular weight is 342 g/mol. The van der Waals surface area contributed by atoms with Crippen molar-refractivity contribution in [1.29, 1.82) is 0 Å². The number of hydrogen-bond donors (Lipinski definition) is 3. The third-order valence-electron chi connectivity index (χ3n) is 3.84. The highest BCUT2D eigenvalue weighted by molar-refractivity contribution is 7.15. The molecule has 0 spiro atoms. The van der Waals surface area contributed by atoms with Gasteiger partial charge in [-0.3, -0.25) is 14.7 Å². The van der Waals surface area contributed by atoms with Crippen molar-refractivity contribution in [3.63, 3.8) is 0 Å². The number of ketones is 1. The molecule has 0 atom stereocenters. The van der Waals surface area contributed by atoms with E-state index < -0.39 is 0 Å². The zero-order chi connectivity index (χ0) is 17.4. The number of rotatable bonds is 4. The summed E-state index contributed by atoms with van der Waals surface area (Å²) in [6.07, 6.45) is 0. The number of carbonyl (C=O) groups excluding carboxylic acids is 2. The van der Waals surface area contributed by atoms with Gasteiger partial charge in [0.15, 0.2) is 11.6 Å². The van der Waals surface area contributed by atoms with E-state index in [2.05, 4.69) is 20.5 Å². The van der Waals surface area contributed by atoms with Gasteiger partial charge in [0.05, 0.1) is 10.6 Å². The Morgan fingerprint density at radius 1 is 1.21 bits per heavy atom. The number of nitrogens with zero attached hydrogens (tertiary/aromatic N) is 1. The monoisotopic (exact) mass is 342 g/mol. The third-order valence-corrected chi connectivity index (χ3v) is 4.88. The van der Waals surface area contributed by atoms with Crippen LogP contribution in [0.1, 0.15) is 43.9 Å². The van der Waals surface area contributed by atoms with Gasteiger partial charge < -0.3 is 10.3 Å². The van der Waals surface area contributed by atoms with Gasteiger partial charge in [0.1, 0.15) is 5.69 Å². The van der Waals surface area contributed by atoms with E-state index in [0.29, 0.717) is 28.3 Å². The first-order chi connectivity index (χ1) is 11.4. The van der Waals surface area contributed by atoms with Crippen molar-refractivity contribution in [3.8, 4) is 10.6 Å². The van der Waals surface area contributed by atoms with E-state index in [-0.39, 0.29) is 11.7 Å². The summed E-state index contributed by atoms with van der Waals surface area (Å²) < 4.78 is 0. The van der Waals surface area contributed by atoms with Crippen LogP contribution in [0.5, 0.6) is 0 Å². The molecule has 3 heterocycles. The van der Waals surface area contributed by atoms with E-state index in [1.807, 2.05) is 19.1 Å². The predicted octanol–water partition coefficient (Wildman–Crippen LogP) is 3.85. The van der Waals surface area contributed by atoms with Gasteiger partial charge in [0.25, 0.3) is 5.91 Å². The number of thiophene rings is 1. The molecule has 0 aliphatic heterocycles. The van der Waals surface area contributed by atoms with E-state index in [9.17, 15) is 9.59 Å². The van der Waals surface area contributed by atoms with Crippen LogP contribution in [0.3, 0.4) is 0 Å². The summed E-state index contributed by atoms with van der Waals surface area (Å²) in [5.74, 6) is 0.0658. The number of carbonyl (C=O) groups is 2. The summed E-state index contributed by atoms with van der Waals surface area (Å²) in [7, 11) is 0. The smallest absolute Gasteiger partial charge is 0.273 e. The Kier molecular flexibility index (Phi) is 4.11. The molecule has 0 saturated heterocycles. The normalized spacial score (nSPS) is 10.8. The van der Waals surface area contributed by atoms with Crippen molar-refractivity contribution in [1.82, 2.24) is 15.2 Å². The van der Waals surface area contributed by atoms with Crippen LogP contribution >= 0.6 is 11.3 Å². The molecule has 0 aliphatic carbocycles. The number of anilines is 1. The van der Waals surface area contributed by atoms with E-state index >= 15 is 0 Å². The van der Waals surface area contributed by atoms with Gasteiger partial charge in [-0.2, -0.15) is 5.10 Å². The highest BCUT2D eigenvalue weighted by Gasteiger charge is 2.20. The quantitative estimate of drug-likeness (QED) is 0.629. The molecule has 3 aromatic heterocycles. The van der Waals surface area contributed by atoms with Crippen molar-refractivity contribution in [3.05, 3.63) is 45.6 Å². The van der Waals surface area contributed by atoms with Gasteiger partial charge in [0.2, 0.25) is 0 Å². The highest BCUT2D eigenvalue weighted by atomic mass is 32.1. The lowest BCUT2D eigenvalue weighted by molar-refractivity contribution is 0.101. The van der Waals surface area contributed by atoms with E-state index in [4.69, 9.17) is 0 Å². The Bertz CT molecular complexity index is 932. The van der Waals surface area contributed by atoms with Crippen LogP contribution in [0.15, 0.2) is 18.2 Å². The lowest BCUT2D eigenvalue weighted by atomic mass is 10.1. The van der Waals surface area contributed by atoms with Crippen LogP contribution in [0.2, 0.25) is 0 Å². The molecule has 0 fully saturated rings. The number of amides is 1. The summed E-state index contributed by atoms with van der Waals surface area (Å²) in [6.45, 7) is 7.08. The van der Waals surface area contributed by atoms with Crippen LogP contribution in [-0.2, 0) is 0 Å². The molecule has 3 aromatic rings. The molecule has 3 rings (SSSR count). The molecule has 0 aromatic carbocycles. The zero-order valence-electron chi connectivity index (χ0n) is 13.9. The van der Waals surface area contributed by atoms with E-state index in [0.717, 1.165) is 10.6 Å². The topological polar surface area (TPSA) is 90.6 Å². The minimum Gasteiger partial charge on any atom is -0.354 e. The first-order valence-electron chi connectivity index (χ1n) is 7.50. The Balaban J connectivity index is 1.82. The molecule has 7 heteroatoms. The second-order valence-electron chi connectivity index (χ2n) is 5.71.